The van der Waals surface area contributed by atoms with Gasteiger partial charge in [0.15, 0.2) is 8.32 Å². The molecule has 0 amide bonds. The predicted octanol–water partition coefficient (Wildman–Crippen LogP) is 1.33. The minimum absolute atomic E-state index is 0.0624. The molecule has 5 heteroatoms. The van der Waals surface area contributed by atoms with Gasteiger partial charge in [-0.1, -0.05) is 0 Å². The second kappa shape index (κ2) is 6.12. The molecule has 13 heavy (non-hydrogen) atoms. The molecule has 0 saturated carbocycles. The van der Waals surface area contributed by atoms with E-state index in [9.17, 15) is 4.79 Å². The summed E-state index contributed by atoms with van der Waals surface area (Å²) in [5, 5.41) is 8.29. The van der Waals surface area contributed by atoms with Gasteiger partial charge >= 0.3 is 5.97 Å². The third kappa shape index (κ3) is 11.6. The SMILES string of the molecule is C[Si](C)(C)OCCOCCC(=O)O. The Kier molecular flexibility index (Phi) is 5.94. The van der Waals surface area contributed by atoms with Gasteiger partial charge in [-0.15, -0.1) is 0 Å². The van der Waals surface area contributed by atoms with Crippen LogP contribution in [0, 0.1) is 0 Å². The van der Waals surface area contributed by atoms with Gasteiger partial charge in [0.1, 0.15) is 0 Å². The summed E-state index contributed by atoms with van der Waals surface area (Å²) in [5.41, 5.74) is 0. The maximum atomic E-state index is 10.1. The van der Waals surface area contributed by atoms with E-state index < -0.39 is 14.3 Å². The number of hydrogen-bond acceptors (Lipinski definition) is 3. The summed E-state index contributed by atoms with van der Waals surface area (Å²) in [7, 11) is -1.44. The number of rotatable bonds is 7. The monoisotopic (exact) mass is 206 g/mol. The molecular formula is C8H18O4Si. The zero-order valence-corrected chi connectivity index (χ0v) is 9.50. The van der Waals surface area contributed by atoms with Gasteiger partial charge in [-0.3, -0.25) is 4.79 Å². The van der Waals surface area contributed by atoms with Crippen molar-refractivity contribution in [3.8, 4) is 0 Å². The van der Waals surface area contributed by atoms with Crippen LogP contribution in [0.25, 0.3) is 0 Å². The van der Waals surface area contributed by atoms with Crippen molar-refractivity contribution in [1.82, 2.24) is 0 Å². The lowest BCUT2D eigenvalue weighted by Gasteiger charge is -2.16. The molecule has 0 aromatic carbocycles. The van der Waals surface area contributed by atoms with E-state index in [4.69, 9.17) is 14.3 Å². The molecule has 0 radical (unpaired) electrons. The molecule has 4 nitrogen and oxygen atoms in total. The van der Waals surface area contributed by atoms with Gasteiger partial charge in [-0.05, 0) is 19.6 Å². The number of carbonyl (C=O) groups is 1. The minimum Gasteiger partial charge on any atom is -0.481 e. The molecule has 0 heterocycles. The molecule has 0 aliphatic rings. The Hall–Kier alpha value is -0.393. The summed E-state index contributed by atoms with van der Waals surface area (Å²) in [6.07, 6.45) is 0.0624. The van der Waals surface area contributed by atoms with Crippen molar-refractivity contribution in [2.45, 2.75) is 26.1 Å². The molecule has 0 rings (SSSR count). The maximum Gasteiger partial charge on any atom is 0.305 e. The molecule has 0 atom stereocenters. The van der Waals surface area contributed by atoms with E-state index in [2.05, 4.69) is 19.6 Å². The van der Waals surface area contributed by atoms with Crippen molar-refractivity contribution in [1.29, 1.82) is 0 Å². The first-order valence-electron chi connectivity index (χ1n) is 4.35. The van der Waals surface area contributed by atoms with E-state index in [1.807, 2.05) is 0 Å². The van der Waals surface area contributed by atoms with Crippen LogP contribution in [0.2, 0.25) is 19.6 Å². The van der Waals surface area contributed by atoms with Crippen LogP contribution >= 0.6 is 0 Å². The minimum atomic E-state index is -1.44. The highest BCUT2D eigenvalue weighted by molar-refractivity contribution is 6.69. The van der Waals surface area contributed by atoms with Crippen molar-refractivity contribution in [2.75, 3.05) is 19.8 Å². The molecule has 0 saturated heterocycles. The predicted molar refractivity (Wildman–Crippen MR) is 52.4 cm³/mol. The summed E-state index contributed by atoms with van der Waals surface area (Å²) < 4.78 is 10.6. The summed E-state index contributed by atoms with van der Waals surface area (Å²) >= 11 is 0. The zero-order chi connectivity index (χ0) is 10.3. The molecule has 0 aliphatic carbocycles. The normalized spacial score (nSPS) is 11.6. The van der Waals surface area contributed by atoms with Crippen molar-refractivity contribution in [3.63, 3.8) is 0 Å². The molecular weight excluding hydrogens is 188 g/mol. The second-order valence-electron chi connectivity index (χ2n) is 3.72. The van der Waals surface area contributed by atoms with Gasteiger partial charge in [0.05, 0.1) is 26.2 Å². The summed E-state index contributed by atoms with van der Waals surface area (Å²) in [4.78, 5) is 10.1. The Bertz CT molecular complexity index is 153. The first kappa shape index (κ1) is 12.6. The Morgan fingerprint density at radius 2 is 1.85 bits per heavy atom. The molecule has 0 bridgehead atoms. The standard InChI is InChI=1S/C8H18O4Si/c1-13(2,3)12-7-6-11-5-4-8(9)10/h4-7H2,1-3H3,(H,9,10). The largest absolute Gasteiger partial charge is 0.481 e. The van der Waals surface area contributed by atoms with Crippen molar-refractivity contribution in [2.24, 2.45) is 0 Å². The average Bonchev–Trinajstić information content (AvgIpc) is 1.93. The molecule has 0 fully saturated rings. The molecule has 1 N–H and O–H groups in total. The van der Waals surface area contributed by atoms with E-state index in [0.717, 1.165) is 0 Å². The fourth-order valence-corrected chi connectivity index (χ4v) is 1.36. The topological polar surface area (TPSA) is 55.8 Å². The van der Waals surface area contributed by atoms with Crippen LogP contribution < -0.4 is 0 Å². The fourth-order valence-electron chi connectivity index (χ4n) is 0.668. The lowest BCUT2D eigenvalue weighted by molar-refractivity contribution is -0.138. The van der Waals surface area contributed by atoms with Crippen molar-refractivity contribution in [3.05, 3.63) is 0 Å². The summed E-state index contributed by atoms with van der Waals surface area (Å²) in [5.74, 6) is -0.828. The maximum absolute atomic E-state index is 10.1. The number of hydrogen-bond donors (Lipinski definition) is 1. The molecule has 0 aromatic heterocycles. The van der Waals surface area contributed by atoms with E-state index in [0.29, 0.717) is 13.2 Å². The average molecular weight is 206 g/mol. The van der Waals surface area contributed by atoms with Gasteiger partial charge < -0.3 is 14.3 Å². The van der Waals surface area contributed by atoms with Crippen LogP contribution in [-0.2, 0) is 14.0 Å². The van der Waals surface area contributed by atoms with Gasteiger partial charge in [0, 0.05) is 0 Å². The first-order chi connectivity index (χ1) is 5.92. The smallest absolute Gasteiger partial charge is 0.305 e. The van der Waals surface area contributed by atoms with Crippen molar-refractivity contribution >= 4 is 14.3 Å². The van der Waals surface area contributed by atoms with Crippen LogP contribution in [0.5, 0.6) is 0 Å². The van der Waals surface area contributed by atoms with Crippen LogP contribution in [-0.4, -0.2) is 39.2 Å². The Labute approximate surface area is 80.0 Å². The van der Waals surface area contributed by atoms with E-state index in [1.165, 1.54) is 0 Å². The van der Waals surface area contributed by atoms with Crippen LogP contribution in [0.4, 0.5) is 0 Å². The first-order valence-corrected chi connectivity index (χ1v) is 7.76. The number of carboxylic acids is 1. The van der Waals surface area contributed by atoms with Gasteiger partial charge in [-0.2, -0.15) is 0 Å². The van der Waals surface area contributed by atoms with Gasteiger partial charge in [0.25, 0.3) is 0 Å². The quantitative estimate of drug-likeness (QED) is 0.504. The molecule has 0 spiro atoms. The number of ether oxygens (including phenoxy) is 1. The highest BCUT2D eigenvalue weighted by Gasteiger charge is 2.13. The lowest BCUT2D eigenvalue weighted by atomic mass is 10.5. The Morgan fingerprint density at radius 1 is 1.23 bits per heavy atom. The number of carboxylic acid groups (broad SMARTS) is 1. The molecule has 0 unspecified atom stereocenters. The van der Waals surface area contributed by atoms with Crippen LogP contribution in [0.1, 0.15) is 6.42 Å². The van der Waals surface area contributed by atoms with E-state index >= 15 is 0 Å². The Balaban J connectivity index is 3.13. The summed E-state index contributed by atoms with van der Waals surface area (Å²) in [6, 6.07) is 0. The van der Waals surface area contributed by atoms with E-state index in [-0.39, 0.29) is 13.0 Å². The summed E-state index contributed by atoms with van der Waals surface area (Å²) in [6.45, 7) is 7.62. The third-order valence-corrected chi connectivity index (χ3v) is 2.29. The number of aliphatic carboxylic acids is 1. The van der Waals surface area contributed by atoms with Gasteiger partial charge in [0.2, 0.25) is 0 Å². The van der Waals surface area contributed by atoms with Gasteiger partial charge in [-0.25, -0.2) is 0 Å². The van der Waals surface area contributed by atoms with Crippen LogP contribution in [0.15, 0.2) is 0 Å². The fraction of sp³-hybridized carbons (Fsp3) is 0.875. The highest BCUT2D eigenvalue weighted by Crippen LogP contribution is 2.01. The zero-order valence-electron chi connectivity index (χ0n) is 8.50. The Morgan fingerprint density at radius 3 is 2.31 bits per heavy atom. The second-order valence-corrected chi connectivity index (χ2v) is 8.23. The van der Waals surface area contributed by atoms with Crippen molar-refractivity contribution < 1.29 is 19.1 Å². The molecule has 78 valence electrons. The lowest BCUT2D eigenvalue weighted by Crippen LogP contribution is -2.27. The van der Waals surface area contributed by atoms with E-state index in [1.54, 1.807) is 0 Å². The molecule has 0 aromatic rings. The highest BCUT2D eigenvalue weighted by atomic mass is 28.4. The molecule has 0 aliphatic heterocycles. The van der Waals surface area contributed by atoms with Crippen LogP contribution in [0.3, 0.4) is 0 Å². The third-order valence-electron chi connectivity index (χ3n) is 1.22.